The van der Waals surface area contributed by atoms with Crippen LogP contribution in [0.1, 0.15) is 15.9 Å². The van der Waals surface area contributed by atoms with E-state index < -0.39 is 5.97 Å². The summed E-state index contributed by atoms with van der Waals surface area (Å²) in [5.74, 6) is -0.499. The molecule has 0 aliphatic rings. The molecule has 0 saturated carbocycles. The van der Waals surface area contributed by atoms with Gasteiger partial charge in [0.25, 0.3) is 0 Å². The van der Waals surface area contributed by atoms with E-state index in [9.17, 15) is 4.79 Å². The first-order valence-electron chi connectivity index (χ1n) is 5.41. The van der Waals surface area contributed by atoms with Crippen molar-refractivity contribution in [3.8, 4) is 0 Å². The van der Waals surface area contributed by atoms with Crippen LogP contribution in [0.15, 0.2) is 62.6 Å². The summed E-state index contributed by atoms with van der Waals surface area (Å²) in [5, 5.41) is 3.68. The maximum Gasteiger partial charge on any atom is 0.366 e. The van der Waals surface area contributed by atoms with Crippen LogP contribution >= 0.6 is 31.9 Å². The Labute approximate surface area is 127 Å². The normalized spacial score (nSPS) is 10.6. The number of hydrogen-bond acceptors (Lipinski definition) is 3. The molecule has 3 nitrogen and oxygen atoms in total. The van der Waals surface area contributed by atoms with Crippen molar-refractivity contribution < 1.29 is 9.63 Å². The Kier molecular flexibility index (Phi) is 4.87. The average molecular weight is 383 g/mol. The molecule has 0 spiro atoms. The van der Waals surface area contributed by atoms with Crippen molar-refractivity contribution >= 4 is 44.0 Å². The zero-order valence-electron chi connectivity index (χ0n) is 9.72. The van der Waals surface area contributed by atoms with Gasteiger partial charge in [0.15, 0.2) is 0 Å². The van der Waals surface area contributed by atoms with E-state index in [0.29, 0.717) is 10.0 Å². The molecule has 2 aromatic carbocycles. The standard InChI is InChI=1S/C14H9Br2NO2/c15-11-7-5-10(6-8-11)9-17-19-14(18)12-3-1-2-4-13(12)16/h1-9H/b17-9-. The average Bonchev–Trinajstić information content (AvgIpc) is 2.41. The Morgan fingerprint density at radius 2 is 1.74 bits per heavy atom. The molecule has 0 bridgehead atoms. The van der Waals surface area contributed by atoms with E-state index >= 15 is 0 Å². The monoisotopic (exact) mass is 381 g/mol. The van der Waals surface area contributed by atoms with Crippen LogP contribution in [-0.2, 0) is 4.84 Å². The molecule has 0 heterocycles. The number of benzene rings is 2. The molecule has 5 heteroatoms. The van der Waals surface area contributed by atoms with E-state index in [1.54, 1.807) is 18.2 Å². The Morgan fingerprint density at radius 1 is 1.05 bits per heavy atom. The summed E-state index contributed by atoms with van der Waals surface area (Å²) in [5.41, 5.74) is 1.29. The molecule has 19 heavy (non-hydrogen) atoms. The Balaban J connectivity index is 2.01. The van der Waals surface area contributed by atoms with Crippen LogP contribution in [0.2, 0.25) is 0 Å². The zero-order valence-corrected chi connectivity index (χ0v) is 12.9. The number of rotatable bonds is 3. The highest BCUT2D eigenvalue weighted by Crippen LogP contribution is 2.16. The summed E-state index contributed by atoms with van der Waals surface area (Å²) < 4.78 is 1.66. The lowest BCUT2D eigenvalue weighted by atomic mass is 10.2. The molecule has 0 saturated heterocycles. The van der Waals surface area contributed by atoms with Gasteiger partial charge in [-0.1, -0.05) is 45.4 Å². The molecule has 2 aromatic rings. The largest absolute Gasteiger partial charge is 0.366 e. The SMILES string of the molecule is O=C(O/N=C\c1ccc(Br)cc1)c1ccccc1Br. The smallest absolute Gasteiger partial charge is 0.313 e. The number of carbonyl (C=O) groups is 1. The van der Waals surface area contributed by atoms with Crippen LogP contribution in [0, 0.1) is 0 Å². The minimum atomic E-state index is -0.499. The summed E-state index contributed by atoms with van der Waals surface area (Å²) in [4.78, 5) is 16.6. The molecule has 0 aliphatic carbocycles. The third-order valence-corrected chi connectivity index (χ3v) is 3.52. The Morgan fingerprint density at radius 3 is 2.42 bits per heavy atom. The zero-order chi connectivity index (χ0) is 13.7. The van der Waals surface area contributed by atoms with Crippen LogP contribution in [0.5, 0.6) is 0 Å². The fourth-order valence-corrected chi connectivity index (χ4v) is 2.07. The highest BCUT2D eigenvalue weighted by Gasteiger charge is 2.09. The molecule has 0 aliphatic heterocycles. The molecule has 0 N–H and O–H groups in total. The van der Waals surface area contributed by atoms with Crippen LogP contribution < -0.4 is 0 Å². The molecule has 2 rings (SSSR count). The second kappa shape index (κ2) is 6.63. The lowest BCUT2D eigenvalue weighted by Crippen LogP contribution is -2.01. The van der Waals surface area contributed by atoms with Crippen molar-refractivity contribution in [1.29, 1.82) is 0 Å². The van der Waals surface area contributed by atoms with E-state index in [1.807, 2.05) is 30.3 Å². The fourth-order valence-electron chi connectivity index (χ4n) is 1.36. The third kappa shape index (κ3) is 4.01. The molecular formula is C14H9Br2NO2. The Bertz CT molecular complexity index is 609. The third-order valence-electron chi connectivity index (χ3n) is 2.30. The van der Waals surface area contributed by atoms with E-state index in [0.717, 1.165) is 10.0 Å². The van der Waals surface area contributed by atoms with Gasteiger partial charge in [0.05, 0.1) is 11.8 Å². The van der Waals surface area contributed by atoms with Crippen molar-refractivity contribution in [2.75, 3.05) is 0 Å². The maximum atomic E-state index is 11.7. The summed E-state index contributed by atoms with van der Waals surface area (Å²) >= 11 is 6.62. The van der Waals surface area contributed by atoms with E-state index in [4.69, 9.17) is 4.84 Å². The first-order valence-corrected chi connectivity index (χ1v) is 7.00. The van der Waals surface area contributed by atoms with Crippen LogP contribution in [0.25, 0.3) is 0 Å². The molecule has 0 atom stereocenters. The molecule has 96 valence electrons. The lowest BCUT2D eigenvalue weighted by molar-refractivity contribution is 0.0518. The quantitative estimate of drug-likeness (QED) is 0.448. The number of oxime groups is 1. The topological polar surface area (TPSA) is 38.7 Å². The maximum absolute atomic E-state index is 11.7. The van der Waals surface area contributed by atoms with E-state index in [1.165, 1.54) is 6.21 Å². The first kappa shape index (κ1) is 14.0. The van der Waals surface area contributed by atoms with E-state index in [-0.39, 0.29) is 0 Å². The predicted octanol–water partition coefficient (Wildman–Crippen LogP) is 4.40. The van der Waals surface area contributed by atoms with Gasteiger partial charge in [-0.2, -0.15) is 0 Å². The van der Waals surface area contributed by atoms with Crippen LogP contribution in [0.4, 0.5) is 0 Å². The van der Waals surface area contributed by atoms with Crippen LogP contribution in [0.3, 0.4) is 0 Å². The van der Waals surface area contributed by atoms with Crippen molar-refractivity contribution in [1.82, 2.24) is 0 Å². The number of nitrogens with zero attached hydrogens (tertiary/aromatic N) is 1. The number of halogens is 2. The number of hydrogen-bond donors (Lipinski definition) is 0. The summed E-state index contributed by atoms with van der Waals surface area (Å²) in [6.07, 6.45) is 1.49. The van der Waals surface area contributed by atoms with Gasteiger partial charge in [-0.15, -0.1) is 0 Å². The summed E-state index contributed by atoms with van der Waals surface area (Å²) in [7, 11) is 0. The molecular weight excluding hydrogens is 374 g/mol. The number of carbonyl (C=O) groups excluding carboxylic acids is 1. The highest BCUT2D eigenvalue weighted by atomic mass is 79.9. The van der Waals surface area contributed by atoms with Crippen molar-refractivity contribution in [3.63, 3.8) is 0 Å². The second-order valence-corrected chi connectivity index (χ2v) is 5.41. The summed E-state index contributed by atoms with van der Waals surface area (Å²) in [6, 6.07) is 14.5. The molecule has 0 aromatic heterocycles. The molecule has 0 fully saturated rings. The van der Waals surface area contributed by atoms with Gasteiger partial charge >= 0.3 is 5.97 Å². The minimum absolute atomic E-state index is 0.440. The van der Waals surface area contributed by atoms with Gasteiger partial charge < -0.3 is 4.84 Å². The summed E-state index contributed by atoms with van der Waals surface area (Å²) in [6.45, 7) is 0. The van der Waals surface area contributed by atoms with Crippen molar-refractivity contribution in [3.05, 3.63) is 68.6 Å². The first-order chi connectivity index (χ1) is 9.16. The van der Waals surface area contributed by atoms with Gasteiger partial charge in [0.1, 0.15) is 0 Å². The fraction of sp³-hybridized carbons (Fsp3) is 0. The lowest BCUT2D eigenvalue weighted by Gasteiger charge is -2.00. The van der Waals surface area contributed by atoms with Crippen LogP contribution in [-0.4, -0.2) is 12.2 Å². The van der Waals surface area contributed by atoms with Crippen molar-refractivity contribution in [2.45, 2.75) is 0 Å². The van der Waals surface area contributed by atoms with Gasteiger partial charge in [0.2, 0.25) is 0 Å². The minimum Gasteiger partial charge on any atom is -0.313 e. The van der Waals surface area contributed by atoms with Gasteiger partial charge in [-0.3, -0.25) is 0 Å². The second-order valence-electron chi connectivity index (χ2n) is 3.64. The molecule has 0 radical (unpaired) electrons. The molecule has 0 unspecified atom stereocenters. The predicted molar refractivity (Wildman–Crippen MR) is 81.3 cm³/mol. The van der Waals surface area contributed by atoms with Crippen molar-refractivity contribution in [2.24, 2.45) is 5.16 Å². The highest BCUT2D eigenvalue weighted by molar-refractivity contribution is 9.10. The van der Waals surface area contributed by atoms with Gasteiger partial charge in [-0.25, -0.2) is 4.79 Å². The van der Waals surface area contributed by atoms with E-state index in [2.05, 4.69) is 37.0 Å². The van der Waals surface area contributed by atoms with Gasteiger partial charge in [0, 0.05) is 8.95 Å². The molecule has 0 amide bonds. The van der Waals surface area contributed by atoms with Gasteiger partial charge in [-0.05, 0) is 45.8 Å². The Hall–Kier alpha value is -1.46.